The van der Waals surface area contributed by atoms with Gasteiger partial charge in [0, 0.05) is 6.61 Å². The second-order valence-electron chi connectivity index (χ2n) is 3.65. The van der Waals surface area contributed by atoms with Crippen molar-refractivity contribution < 1.29 is 19.4 Å². The van der Waals surface area contributed by atoms with Crippen molar-refractivity contribution in [1.82, 2.24) is 10.6 Å². The van der Waals surface area contributed by atoms with Gasteiger partial charge in [0.25, 0.3) is 0 Å². The normalized spacial score (nSPS) is 27.1. The van der Waals surface area contributed by atoms with E-state index in [1.807, 2.05) is 6.92 Å². The van der Waals surface area contributed by atoms with Gasteiger partial charge in [0.05, 0.1) is 12.1 Å². The Morgan fingerprint density at radius 3 is 2.67 bits per heavy atom. The predicted octanol–water partition coefficient (Wildman–Crippen LogP) is -0.0639. The fourth-order valence-electron chi connectivity index (χ4n) is 1.39. The van der Waals surface area contributed by atoms with Crippen LogP contribution in [0.2, 0.25) is 0 Å². The number of amides is 2. The van der Waals surface area contributed by atoms with Crippen LogP contribution in [0.5, 0.6) is 0 Å². The highest BCUT2D eigenvalue weighted by atomic mass is 16.5. The van der Waals surface area contributed by atoms with Crippen molar-refractivity contribution in [3.05, 3.63) is 0 Å². The van der Waals surface area contributed by atoms with Crippen LogP contribution in [0.15, 0.2) is 0 Å². The molecule has 0 radical (unpaired) electrons. The largest absolute Gasteiger partial charge is 0.480 e. The number of rotatable bonds is 3. The van der Waals surface area contributed by atoms with Crippen LogP contribution >= 0.6 is 0 Å². The first-order valence-electron chi connectivity index (χ1n) is 4.92. The van der Waals surface area contributed by atoms with Crippen molar-refractivity contribution in [2.45, 2.75) is 38.5 Å². The quantitative estimate of drug-likeness (QED) is 0.616. The Morgan fingerprint density at radius 1 is 1.53 bits per heavy atom. The topological polar surface area (TPSA) is 87.7 Å². The summed E-state index contributed by atoms with van der Waals surface area (Å²) in [6, 6.07) is -1.39. The van der Waals surface area contributed by atoms with Gasteiger partial charge >= 0.3 is 12.0 Å². The molecule has 6 heteroatoms. The maximum Gasteiger partial charge on any atom is 0.325 e. The molecule has 86 valence electrons. The van der Waals surface area contributed by atoms with Crippen molar-refractivity contribution in [2.24, 2.45) is 0 Å². The van der Waals surface area contributed by atoms with E-state index < -0.39 is 18.0 Å². The summed E-state index contributed by atoms with van der Waals surface area (Å²) in [5, 5.41) is 13.6. The molecule has 6 nitrogen and oxygen atoms in total. The highest BCUT2D eigenvalue weighted by Crippen LogP contribution is 2.12. The molecular weight excluding hydrogens is 200 g/mol. The first kappa shape index (κ1) is 11.8. The molecule has 1 fully saturated rings. The van der Waals surface area contributed by atoms with Crippen molar-refractivity contribution >= 4 is 12.0 Å². The van der Waals surface area contributed by atoms with E-state index >= 15 is 0 Å². The number of carbonyl (C=O) groups excluding carboxylic acids is 1. The van der Waals surface area contributed by atoms with Gasteiger partial charge in [-0.1, -0.05) is 0 Å². The predicted molar refractivity (Wildman–Crippen MR) is 52.6 cm³/mol. The number of carbonyl (C=O) groups is 2. The van der Waals surface area contributed by atoms with Gasteiger partial charge in [-0.25, -0.2) is 4.79 Å². The highest BCUT2D eigenvalue weighted by molar-refractivity contribution is 5.82. The third-order valence-corrected chi connectivity index (χ3v) is 2.41. The van der Waals surface area contributed by atoms with Gasteiger partial charge in [-0.15, -0.1) is 0 Å². The van der Waals surface area contributed by atoms with Crippen molar-refractivity contribution in [1.29, 1.82) is 0 Å². The average molecular weight is 216 g/mol. The molecule has 1 heterocycles. The Bertz CT molecular complexity index is 256. The number of urea groups is 1. The van der Waals surface area contributed by atoms with Gasteiger partial charge in [-0.05, 0) is 20.3 Å². The van der Waals surface area contributed by atoms with Gasteiger partial charge in [-0.2, -0.15) is 0 Å². The van der Waals surface area contributed by atoms with E-state index in [4.69, 9.17) is 9.84 Å². The fourth-order valence-corrected chi connectivity index (χ4v) is 1.39. The lowest BCUT2D eigenvalue weighted by atomic mass is 10.2. The van der Waals surface area contributed by atoms with E-state index in [1.165, 1.54) is 6.92 Å². The molecule has 3 unspecified atom stereocenters. The van der Waals surface area contributed by atoms with Gasteiger partial charge < -0.3 is 20.5 Å². The number of ether oxygens (including phenoxy) is 1. The minimum Gasteiger partial charge on any atom is -0.480 e. The first-order valence-corrected chi connectivity index (χ1v) is 4.92. The molecule has 0 aliphatic carbocycles. The minimum atomic E-state index is -1.05. The van der Waals surface area contributed by atoms with Crippen molar-refractivity contribution in [2.75, 3.05) is 6.61 Å². The van der Waals surface area contributed by atoms with Crippen molar-refractivity contribution in [3.8, 4) is 0 Å². The van der Waals surface area contributed by atoms with E-state index in [2.05, 4.69) is 10.6 Å². The minimum absolute atomic E-state index is 0.0177. The van der Waals surface area contributed by atoms with Crippen LogP contribution in [0.4, 0.5) is 4.79 Å². The van der Waals surface area contributed by atoms with E-state index in [1.54, 1.807) is 0 Å². The van der Waals surface area contributed by atoms with Crippen LogP contribution in [0.1, 0.15) is 20.3 Å². The fraction of sp³-hybridized carbons (Fsp3) is 0.778. The summed E-state index contributed by atoms with van der Waals surface area (Å²) in [7, 11) is 0. The monoisotopic (exact) mass is 216 g/mol. The third-order valence-electron chi connectivity index (χ3n) is 2.41. The van der Waals surface area contributed by atoms with Gasteiger partial charge in [0.1, 0.15) is 6.04 Å². The Labute approximate surface area is 88.0 Å². The molecule has 0 saturated carbocycles. The molecule has 3 atom stereocenters. The van der Waals surface area contributed by atoms with Gasteiger partial charge in [0.2, 0.25) is 0 Å². The SMILES string of the molecule is CC(NC(=O)NC1CCOC1C)C(=O)O. The zero-order valence-corrected chi connectivity index (χ0v) is 8.82. The molecule has 1 saturated heterocycles. The maximum absolute atomic E-state index is 11.3. The second kappa shape index (κ2) is 4.97. The maximum atomic E-state index is 11.3. The van der Waals surface area contributed by atoms with Crippen LogP contribution in [0.3, 0.4) is 0 Å². The molecule has 3 N–H and O–H groups in total. The number of carboxylic acids is 1. The molecular formula is C9H16N2O4. The summed E-state index contributed by atoms with van der Waals surface area (Å²) in [5.41, 5.74) is 0. The lowest BCUT2D eigenvalue weighted by molar-refractivity contribution is -0.138. The standard InChI is InChI=1S/C9H16N2O4/c1-5(8(12)13)10-9(14)11-7-3-4-15-6(7)2/h5-7H,3-4H2,1-2H3,(H,12,13)(H2,10,11,14). The number of carboxylic acid groups (broad SMARTS) is 1. The first-order chi connectivity index (χ1) is 7.00. The molecule has 0 bridgehead atoms. The van der Waals surface area contributed by atoms with E-state index in [9.17, 15) is 9.59 Å². The Kier molecular flexibility index (Phi) is 3.90. The summed E-state index contributed by atoms with van der Waals surface area (Å²) in [4.78, 5) is 21.8. The second-order valence-corrected chi connectivity index (χ2v) is 3.65. The van der Waals surface area contributed by atoms with E-state index in [0.717, 1.165) is 6.42 Å². The summed E-state index contributed by atoms with van der Waals surface area (Å²) < 4.78 is 5.26. The van der Waals surface area contributed by atoms with E-state index in [0.29, 0.717) is 6.61 Å². The summed E-state index contributed by atoms with van der Waals surface area (Å²) >= 11 is 0. The van der Waals surface area contributed by atoms with Crippen LogP contribution < -0.4 is 10.6 Å². The number of nitrogens with one attached hydrogen (secondary N) is 2. The van der Waals surface area contributed by atoms with Crippen LogP contribution in [0.25, 0.3) is 0 Å². The van der Waals surface area contributed by atoms with Gasteiger partial charge in [0.15, 0.2) is 0 Å². The van der Waals surface area contributed by atoms with Gasteiger partial charge in [-0.3, -0.25) is 4.79 Å². The third kappa shape index (κ3) is 3.39. The summed E-state index contributed by atoms with van der Waals surface area (Å²) in [6.45, 7) is 3.91. The van der Waals surface area contributed by atoms with Crippen LogP contribution in [-0.4, -0.2) is 41.9 Å². The van der Waals surface area contributed by atoms with Crippen LogP contribution in [0, 0.1) is 0 Å². The molecule has 1 aliphatic heterocycles. The zero-order valence-electron chi connectivity index (χ0n) is 8.82. The smallest absolute Gasteiger partial charge is 0.325 e. The summed E-state index contributed by atoms with van der Waals surface area (Å²) in [6.07, 6.45) is 0.742. The molecule has 0 aromatic heterocycles. The number of hydrogen-bond donors (Lipinski definition) is 3. The zero-order chi connectivity index (χ0) is 11.4. The molecule has 1 rings (SSSR count). The molecule has 0 aromatic carbocycles. The Morgan fingerprint density at radius 2 is 2.20 bits per heavy atom. The van der Waals surface area contributed by atoms with Crippen LogP contribution in [-0.2, 0) is 9.53 Å². The van der Waals surface area contributed by atoms with E-state index in [-0.39, 0.29) is 12.1 Å². The Hall–Kier alpha value is -1.30. The molecule has 2 amide bonds. The lowest BCUT2D eigenvalue weighted by Gasteiger charge is -2.17. The molecule has 0 spiro atoms. The average Bonchev–Trinajstić information content (AvgIpc) is 2.51. The number of aliphatic carboxylic acids is 1. The molecule has 15 heavy (non-hydrogen) atoms. The number of hydrogen-bond acceptors (Lipinski definition) is 3. The Balaban J connectivity index is 2.32. The summed E-state index contributed by atoms with van der Waals surface area (Å²) in [5.74, 6) is -1.05. The lowest BCUT2D eigenvalue weighted by Crippen LogP contribution is -2.49. The molecule has 1 aliphatic rings. The molecule has 0 aromatic rings. The highest BCUT2D eigenvalue weighted by Gasteiger charge is 2.26. The van der Waals surface area contributed by atoms with Crippen molar-refractivity contribution in [3.63, 3.8) is 0 Å².